The van der Waals surface area contributed by atoms with E-state index in [1.54, 1.807) is 6.20 Å². The number of nitrogens with one attached hydrogen (secondary N) is 1. The van der Waals surface area contributed by atoms with Crippen LogP contribution in [0.3, 0.4) is 0 Å². The van der Waals surface area contributed by atoms with Crippen LogP contribution in [0.4, 0.5) is 0 Å². The molecule has 1 amide bonds. The van der Waals surface area contributed by atoms with E-state index in [-0.39, 0.29) is 17.1 Å². The fraction of sp³-hybridized carbons (Fsp3) is 0.294. The molecule has 1 aromatic carbocycles. The Morgan fingerprint density at radius 2 is 1.86 bits per heavy atom. The van der Waals surface area contributed by atoms with Crippen molar-refractivity contribution in [2.24, 2.45) is 5.92 Å². The van der Waals surface area contributed by atoms with E-state index in [4.69, 9.17) is 0 Å². The SMILES string of the molecule is CC(C)[C@@H](Sc1ccccn1)C(=O)NCc1ccccc1. The van der Waals surface area contributed by atoms with Crippen molar-refractivity contribution in [2.45, 2.75) is 30.7 Å². The van der Waals surface area contributed by atoms with Crippen molar-refractivity contribution >= 4 is 17.7 Å². The van der Waals surface area contributed by atoms with Gasteiger partial charge in [0, 0.05) is 12.7 Å². The molecule has 0 fully saturated rings. The van der Waals surface area contributed by atoms with Gasteiger partial charge in [0.2, 0.25) is 5.91 Å². The third-order valence-corrected chi connectivity index (χ3v) is 4.55. The van der Waals surface area contributed by atoms with Gasteiger partial charge in [0.25, 0.3) is 0 Å². The van der Waals surface area contributed by atoms with Gasteiger partial charge in [-0.2, -0.15) is 0 Å². The number of nitrogens with zero attached hydrogens (tertiary/aromatic N) is 1. The summed E-state index contributed by atoms with van der Waals surface area (Å²) in [5.41, 5.74) is 1.11. The van der Waals surface area contributed by atoms with Crippen LogP contribution < -0.4 is 5.32 Å². The Bertz CT molecular complexity index is 558. The first-order chi connectivity index (χ1) is 10.2. The van der Waals surface area contributed by atoms with E-state index in [0.717, 1.165) is 10.6 Å². The van der Waals surface area contributed by atoms with Crippen molar-refractivity contribution in [3.05, 3.63) is 60.3 Å². The lowest BCUT2D eigenvalue weighted by Crippen LogP contribution is -2.35. The minimum atomic E-state index is -0.136. The average Bonchev–Trinajstić information content (AvgIpc) is 2.52. The summed E-state index contributed by atoms with van der Waals surface area (Å²) in [5, 5.41) is 3.76. The molecule has 1 aromatic heterocycles. The molecule has 1 atom stereocenters. The molecular formula is C17H20N2OS. The Hall–Kier alpha value is -1.81. The second-order valence-corrected chi connectivity index (χ2v) is 6.32. The summed E-state index contributed by atoms with van der Waals surface area (Å²) < 4.78 is 0. The number of carbonyl (C=O) groups excluding carboxylic acids is 1. The lowest BCUT2D eigenvalue weighted by molar-refractivity contribution is -0.121. The average molecular weight is 300 g/mol. The maximum absolute atomic E-state index is 12.4. The molecule has 0 aliphatic rings. The van der Waals surface area contributed by atoms with Crippen LogP contribution in [0.1, 0.15) is 19.4 Å². The van der Waals surface area contributed by atoms with Crippen LogP contribution in [-0.2, 0) is 11.3 Å². The van der Waals surface area contributed by atoms with E-state index in [2.05, 4.69) is 24.1 Å². The van der Waals surface area contributed by atoms with Gasteiger partial charge in [-0.1, -0.05) is 62.0 Å². The van der Waals surface area contributed by atoms with Gasteiger partial charge in [0.05, 0.1) is 10.3 Å². The minimum Gasteiger partial charge on any atom is -0.351 e. The molecule has 21 heavy (non-hydrogen) atoms. The molecule has 2 aromatic rings. The van der Waals surface area contributed by atoms with Gasteiger partial charge in [-0.05, 0) is 23.6 Å². The van der Waals surface area contributed by atoms with Crippen LogP contribution in [0.5, 0.6) is 0 Å². The first-order valence-electron chi connectivity index (χ1n) is 7.06. The van der Waals surface area contributed by atoms with Gasteiger partial charge >= 0.3 is 0 Å². The molecule has 0 bridgehead atoms. The number of hydrogen-bond acceptors (Lipinski definition) is 3. The molecule has 1 N–H and O–H groups in total. The smallest absolute Gasteiger partial charge is 0.234 e. The third kappa shape index (κ3) is 4.90. The second kappa shape index (κ2) is 7.84. The molecular weight excluding hydrogens is 280 g/mol. The van der Waals surface area contributed by atoms with Gasteiger partial charge in [-0.25, -0.2) is 4.98 Å². The van der Waals surface area contributed by atoms with Crippen LogP contribution in [0, 0.1) is 5.92 Å². The summed E-state index contributed by atoms with van der Waals surface area (Å²) in [5.74, 6) is 0.303. The summed E-state index contributed by atoms with van der Waals surface area (Å²) in [6.07, 6.45) is 1.75. The maximum atomic E-state index is 12.4. The maximum Gasteiger partial charge on any atom is 0.234 e. The normalized spacial score (nSPS) is 12.1. The summed E-state index contributed by atoms with van der Waals surface area (Å²) in [6, 6.07) is 15.7. The van der Waals surface area contributed by atoms with Gasteiger partial charge in [-0.3, -0.25) is 4.79 Å². The highest BCUT2D eigenvalue weighted by atomic mass is 32.2. The molecule has 0 aliphatic carbocycles. The van der Waals surface area contributed by atoms with Crippen LogP contribution in [0.25, 0.3) is 0 Å². The zero-order valence-electron chi connectivity index (χ0n) is 12.3. The fourth-order valence-electron chi connectivity index (χ4n) is 1.92. The highest BCUT2D eigenvalue weighted by Gasteiger charge is 2.23. The zero-order valence-corrected chi connectivity index (χ0v) is 13.1. The predicted octanol–water partition coefficient (Wildman–Crippen LogP) is 3.51. The monoisotopic (exact) mass is 300 g/mol. The Labute approximate surface area is 130 Å². The van der Waals surface area contributed by atoms with Crippen molar-refractivity contribution in [2.75, 3.05) is 0 Å². The van der Waals surface area contributed by atoms with E-state index in [0.29, 0.717) is 6.54 Å². The van der Waals surface area contributed by atoms with E-state index in [1.165, 1.54) is 11.8 Å². The Morgan fingerprint density at radius 1 is 1.14 bits per heavy atom. The molecule has 1 heterocycles. The minimum absolute atomic E-state index is 0.0597. The quantitative estimate of drug-likeness (QED) is 0.830. The van der Waals surface area contributed by atoms with Gasteiger partial charge in [0.15, 0.2) is 0 Å². The number of rotatable bonds is 6. The first kappa shape index (κ1) is 15.6. The van der Waals surface area contributed by atoms with Crippen molar-refractivity contribution < 1.29 is 4.79 Å². The summed E-state index contributed by atoms with van der Waals surface area (Å²) in [7, 11) is 0. The van der Waals surface area contributed by atoms with Crippen molar-refractivity contribution in [1.29, 1.82) is 0 Å². The number of thioether (sulfide) groups is 1. The highest BCUT2D eigenvalue weighted by Crippen LogP contribution is 2.26. The topological polar surface area (TPSA) is 42.0 Å². The molecule has 0 radical (unpaired) electrons. The van der Waals surface area contributed by atoms with E-state index in [9.17, 15) is 4.79 Å². The number of hydrogen-bond donors (Lipinski definition) is 1. The highest BCUT2D eigenvalue weighted by molar-refractivity contribution is 8.00. The fourth-order valence-corrected chi connectivity index (χ4v) is 2.93. The lowest BCUT2D eigenvalue weighted by atomic mass is 10.1. The number of carbonyl (C=O) groups is 1. The second-order valence-electron chi connectivity index (χ2n) is 5.15. The summed E-state index contributed by atoms with van der Waals surface area (Å²) >= 11 is 1.52. The van der Waals surface area contributed by atoms with Crippen molar-refractivity contribution in [1.82, 2.24) is 10.3 Å². The van der Waals surface area contributed by atoms with Crippen LogP contribution in [0.2, 0.25) is 0 Å². The number of benzene rings is 1. The van der Waals surface area contributed by atoms with Crippen LogP contribution in [0.15, 0.2) is 59.8 Å². The molecule has 2 rings (SSSR count). The molecule has 0 saturated carbocycles. The van der Waals surface area contributed by atoms with Crippen molar-refractivity contribution in [3.8, 4) is 0 Å². The van der Waals surface area contributed by atoms with Crippen molar-refractivity contribution in [3.63, 3.8) is 0 Å². The summed E-state index contributed by atoms with van der Waals surface area (Å²) in [6.45, 7) is 4.68. The van der Waals surface area contributed by atoms with E-state index in [1.807, 2.05) is 48.5 Å². The lowest BCUT2D eigenvalue weighted by Gasteiger charge is -2.19. The largest absolute Gasteiger partial charge is 0.351 e. The molecule has 0 saturated heterocycles. The summed E-state index contributed by atoms with van der Waals surface area (Å²) in [4.78, 5) is 16.7. The van der Waals surface area contributed by atoms with E-state index >= 15 is 0 Å². The molecule has 4 heteroatoms. The number of aromatic nitrogens is 1. The third-order valence-electron chi connectivity index (χ3n) is 3.06. The van der Waals surface area contributed by atoms with E-state index < -0.39 is 0 Å². The molecule has 3 nitrogen and oxygen atoms in total. The predicted molar refractivity (Wildman–Crippen MR) is 87.0 cm³/mol. The molecule has 0 aliphatic heterocycles. The molecule has 0 spiro atoms. The Morgan fingerprint density at radius 3 is 2.48 bits per heavy atom. The molecule has 110 valence electrons. The standard InChI is InChI=1S/C17H20N2OS/c1-13(2)16(21-15-10-6-7-11-18-15)17(20)19-12-14-8-4-3-5-9-14/h3-11,13,16H,12H2,1-2H3,(H,19,20)/t16-/m1/s1. The van der Waals surface area contributed by atoms with Crippen LogP contribution in [-0.4, -0.2) is 16.1 Å². The van der Waals surface area contributed by atoms with Gasteiger partial charge < -0.3 is 5.32 Å². The zero-order chi connectivity index (χ0) is 15.1. The number of amides is 1. The first-order valence-corrected chi connectivity index (χ1v) is 7.94. The molecule has 0 unspecified atom stereocenters. The van der Waals surface area contributed by atoms with Crippen LogP contribution >= 0.6 is 11.8 Å². The van der Waals surface area contributed by atoms with Gasteiger partial charge in [0.1, 0.15) is 0 Å². The Balaban J connectivity index is 1.96. The number of pyridine rings is 1. The Kier molecular flexibility index (Phi) is 5.81. The van der Waals surface area contributed by atoms with Gasteiger partial charge in [-0.15, -0.1) is 0 Å².